The number of ether oxygens (including phenoxy) is 1. The van der Waals surface area contributed by atoms with Crippen LogP contribution in [0.2, 0.25) is 0 Å². The summed E-state index contributed by atoms with van der Waals surface area (Å²) in [6.07, 6.45) is 7.98. The standard InChI is InChI=1S/C17H34N2O/c1-5-18-16(15-9-7-11-20-13-15)17(19(3)4)10-6-8-14(2)12-17/h14-16,18H,5-13H2,1-4H3. The predicted molar refractivity (Wildman–Crippen MR) is 85.1 cm³/mol. The van der Waals surface area contributed by atoms with Gasteiger partial charge in [-0.15, -0.1) is 0 Å². The second-order valence-electron chi connectivity index (χ2n) is 7.21. The fourth-order valence-corrected chi connectivity index (χ4v) is 4.57. The summed E-state index contributed by atoms with van der Waals surface area (Å²) in [4.78, 5) is 2.52. The van der Waals surface area contributed by atoms with Crippen LogP contribution >= 0.6 is 0 Å². The summed E-state index contributed by atoms with van der Waals surface area (Å²) in [7, 11) is 4.57. The summed E-state index contributed by atoms with van der Waals surface area (Å²) in [5, 5.41) is 3.84. The van der Waals surface area contributed by atoms with Crippen molar-refractivity contribution in [3.05, 3.63) is 0 Å². The third-order valence-electron chi connectivity index (χ3n) is 5.57. The maximum absolute atomic E-state index is 5.79. The molecule has 1 saturated heterocycles. The molecule has 1 N–H and O–H groups in total. The molecule has 1 heterocycles. The molecule has 0 radical (unpaired) electrons. The minimum Gasteiger partial charge on any atom is -0.381 e. The molecule has 4 atom stereocenters. The molecule has 3 heteroatoms. The summed E-state index contributed by atoms with van der Waals surface area (Å²) in [6.45, 7) is 7.64. The van der Waals surface area contributed by atoms with Crippen LogP contribution in [-0.4, -0.2) is 50.3 Å². The van der Waals surface area contributed by atoms with Crippen molar-refractivity contribution in [3.63, 3.8) is 0 Å². The van der Waals surface area contributed by atoms with Crippen LogP contribution in [0.3, 0.4) is 0 Å². The summed E-state index contributed by atoms with van der Waals surface area (Å²) in [5.74, 6) is 1.52. The molecule has 3 nitrogen and oxygen atoms in total. The van der Waals surface area contributed by atoms with Crippen LogP contribution in [0.15, 0.2) is 0 Å². The maximum Gasteiger partial charge on any atom is 0.0509 e. The Hall–Kier alpha value is -0.120. The van der Waals surface area contributed by atoms with E-state index in [1.807, 2.05) is 0 Å². The molecule has 0 amide bonds. The molecule has 2 aliphatic rings. The number of nitrogens with zero attached hydrogens (tertiary/aromatic N) is 1. The topological polar surface area (TPSA) is 24.5 Å². The molecule has 0 aromatic rings. The van der Waals surface area contributed by atoms with Crippen LogP contribution in [0, 0.1) is 11.8 Å². The molecule has 0 aromatic carbocycles. The van der Waals surface area contributed by atoms with Gasteiger partial charge in [0, 0.05) is 18.2 Å². The van der Waals surface area contributed by atoms with Gasteiger partial charge in [0.2, 0.25) is 0 Å². The van der Waals surface area contributed by atoms with Gasteiger partial charge in [0.25, 0.3) is 0 Å². The Labute approximate surface area is 125 Å². The van der Waals surface area contributed by atoms with Gasteiger partial charge in [-0.1, -0.05) is 26.7 Å². The van der Waals surface area contributed by atoms with Gasteiger partial charge in [0.15, 0.2) is 0 Å². The molecule has 1 aliphatic heterocycles. The predicted octanol–water partition coefficient (Wildman–Crippen LogP) is 2.90. The zero-order valence-electron chi connectivity index (χ0n) is 14.0. The number of nitrogens with one attached hydrogen (secondary N) is 1. The quantitative estimate of drug-likeness (QED) is 0.839. The van der Waals surface area contributed by atoms with Crippen molar-refractivity contribution in [2.45, 2.75) is 64.0 Å². The second-order valence-corrected chi connectivity index (χ2v) is 7.21. The van der Waals surface area contributed by atoms with Crippen LogP contribution in [0.4, 0.5) is 0 Å². The van der Waals surface area contributed by atoms with E-state index in [1.165, 1.54) is 38.5 Å². The minimum atomic E-state index is 0.318. The highest BCUT2D eigenvalue weighted by Crippen LogP contribution is 2.41. The van der Waals surface area contributed by atoms with Gasteiger partial charge in [-0.05, 0) is 58.2 Å². The van der Waals surface area contributed by atoms with E-state index in [0.29, 0.717) is 17.5 Å². The molecule has 0 bridgehead atoms. The van der Waals surface area contributed by atoms with Gasteiger partial charge in [0.1, 0.15) is 0 Å². The van der Waals surface area contributed by atoms with E-state index in [4.69, 9.17) is 4.74 Å². The molecule has 20 heavy (non-hydrogen) atoms. The normalized spacial score (nSPS) is 37.0. The van der Waals surface area contributed by atoms with E-state index in [1.54, 1.807) is 0 Å². The van der Waals surface area contributed by atoms with Crippen LogP contribution < -0.4 is 5.32 Å². The fourth-order valence-electron chi connectivity index (χ4n) is 4.57. The molecular weight excluding hydrogens is 248 g/mol. The van der Waals surface area contributed by atoms with Crippen molar-refractivity contribution in [2.75, 3.05) is 33.9 Å². The average molecular weight is 282 g/mol. The first kappa shape index (κ1) is 16.3. The van der Waals surface area contributed by atoms with E-state index in [2.05, 4.69) is 38.2 Å². The van der Waals surface area contributed by atoms with Gasteiger partial charge in [-0.3, -0.25) is 0 Å². The maximum atomic E-state index is 5.79. The van der Waals surface area contributed by atoms with Gasteiger partial charge in [0.05, 0.1) is 6.61 Å². The first-order chi connectivity index (χ1) is 9.60. The molecule has 4 unspecified atom stereocenters. The highest BCUT2D eigenvalue weighted by atomic mass is 16.5. The van der Waals surface area contributed by atoms with Gasteiger partial charge in [-0.2, -0.15) is 0 Å². The monoisotopic (exact) mass is 282 g/mol. The summed E-state index contributed by atoms with van der Waals surface area (Å²) in [6, 6.07) is 0.575. The Kier molecular flexibility index (Phi) is 5.88. The zero-order valence-corrected chi connectivity index (χ0v) is 14.0. The fraction of sp³-hybridized carbons (Fsp3) is 1.00. The van der Waals surface area contributed by atoms with Gasteiger partial charge >= 0.3 is 0 Å². The molecule has 1 saturated carbocycles. The molecule has 0 spiro atoms. The lowest BCUT2D eigenvalue weighted by molar-refractivity contribution is -0.0287. The van der Waals surface area contributed by atoms with Crippen molar-refractivity contribution >= 4 is 0 Å². The van der Waals surface area contributed by atoms with E-state index in [-0.39, 0.29) is 0 Å². The van der Waals surface area contributed by atoms with Gasteiger partial charge in [-0.25, -0.2) is 0 Å². The third kappa shape index (κ3) is 3.37. The summed E-state index contributed by atoms with van der Waals surface area (Å²) in [5.41, 5.74) is 0.318. The Morgan fingerprint density at radius 3 is 2.65 bits per heavy atom. The van der Waals surface area contributed by atoms with E-state index < -0.39 is 0 Å². The number of rotatable bonds is 5. The first-order valence-corrected chi connectivity index (χ1v) is 8.58. The number of hydrogen-bond acceptors (Lipinski definition) is 3. The van der Waals surface area contributed by atoms with Crippen LogP contribution in [0.25, 0.3) is 0 Å². The summed E-state index contributed by atoms with van der Waals surface area (Å²) < 4.78 is 5.79. The lowest BCUT2D eigenvalue weighted by Crippen LogP contribution is -2.64. The molecular formula is C17H34N2O. The van der Waals surface area contributed by atoms with E-state index in [0.717, 1.165) is 25.7 Å². The van der Waals surface area contributed by atoms with Crippen molar-refractivity contribution < 1.29 is 4.74 Å². The largest absolute Gasteiger partial charge is 0.381 e. The van der Waals surface area contributed by atoms with Crippen molar-refractivity contribution in [2.24, 2.45) is 11.8 Å². The molecule has 1 aliphatic carbocycles. The molecule has 2 rings (SSSR count). The highest BCUT2D eigenvalue weighted by Gasteiger charge is 2.46. The molecule has 118 valence electrons. The third-order valence-corrected chi connectivity index (χ3v) is 5.57. The van der Waals surface area contributed by atoms with Crippen molar-refractivity contribution in [1.29, 1.82) is 0 Å². The first-order valence-electron chi connectivity index (χ1n) is 8.58. The smallest absolute Gasteiger partial charge is 0.0509 e. The van der Waals surface area contributed by atoms with E-state index in [9.17, 15) is 0 Å². The van der Waals surface area contributed by atoms with Crippen molar-refractivity contribution in [3.8, 4) is 0 Å². The zero-order chi connectivity index (χ0) is 14.6. The van der Waals surface area contributed by atoms with Crippen molar-refractivity contribution in [1.82, 2.24) is 10.2 Å². The lowest BCUT2D eigenvalue weighted by atomic mass is 9.67. The lowest BCUT2D eigenvalue weighted by Gasteiger charge is -2.53. The van der Waals surface area contributed by atoms with Crippen LogP contribution in [-0.2, 0) is 4.74 Å². The Morgan fingerprint density at radius 2 is 2.10 bits per heavy atom. The Bertz CT molecular complexity index is 289. The van der Waals surface area contributed by atoms with Gasteiger partial charge < -0.3 is 15.0 Å². The van der Waals surface area contributed by atoms with E-state index >= 15 is 0 Å². The average Bonchev–Trinajstić information content (AvgIpc) is 2.45. The number of hydrogen-bond donors (Lipinski definition) is 1. The van der Waals surface area contributed by atoms with Crippen LogP contribution in [0.5, 0.6) is 0 Å². The minimum absolute atomic E-state index is 0.318. The summed E-state index contributed by atoms with van der Waals surface area (Å²) >= 11 is 0. The second kappa shape index (κ2) is 7.24. The molecule has 2 fully saturated rings. The Balaban J connectivity index is 2.21. The molecule has 0 aromatic heterocycles. The highest BCUT2D eigenvalue weighted by molar-refractivity contribution is 5.04. The Morgan fingerprint density at radius 1 is 1.30 bits per heavy atom. The number of likely N-dealkylation sites (N-methyl/N-ethyl adjacent to an activating group) is 2. The SMILES string of the molecule is CCNC(C1CCCOC1)C1(N(C)C)CCCC(C)C1. The van der Waals surface area contributed by atoms with Crippen LogP contribution in [0.1, 0.15) is 52.4 Å².